The third-order valence-electron chi connectivity index (χ3n) is 3.71. The number of nitrogens with zero attached hydrogens (tertiary/aromatic N) is 3. The summed E-state index contributed by atoms with van der Waals surface area (Å²) in [4.78, 5) is 22.8. The molecule has 1 fully saturated rings. The minimum atomic E-state index is 0.0665. The Hall–Kier alpha value is -2.47. The van der Waals surface area contributed by atoms with Gasteiger partial charge in [0.15, 0.2) is 0 Å². The Morgan fingerprint density at radius 3 is 3.09 bits per heavy atom. The summed E-state index contributed by atoms with van der Waals surface area (Å²) in [5, 5.41) is 6.45. The lowest BCUT2D eigenvalue weighted by molar-refractivity contribution is 0.0656. The van der Waals surface area contributed by atoms with E-state index >= 15 is 0 Å². The summed E-state index contributed by atoms with van der Waals surface area (Å²) in [5.41, 5.74) is 1.51. The van der Waals surface area contributed by atoms with Gasteiger partial charge in [-0.2, -0.15) is 0 Å². The second kappa shape index (κ2) is 6.53. The predicted octanol–water partition coefficient (Wildman–Crippen LogP) is 1.65. The van der Waals surface area contributed by atoms with Crippen LogP contribution in [-0.4, -0.2) is 46.5 Å². The van der Waals surface area contributed by atoms with Crippen LogP contribution >= 0.6 is 0 Å². The van der Waals surface area contributed by atoms with Gasteiger partial charge in [-0.25, -0.2) is 4.98 Å². The Morgan fingerprint density at radius 2 is 2.32 bits per heavy atom. The highest BCUT2D eigenvalue weighted by atomic mass is 16.2. The fourth-order valence-electron chi connectivity index (χ4n) is 2.55. The van der Waals surface area contributed by atoms with E-state index in [1.54, 1.807) is 18.6 Å². The highest BCUT2D eigenvalue weighted by Crippen LogP contribution is 2.17. The number of hydrogen-bond donors (Lipinski definition) is 2. The number of piperazine rings is 1. The topological polar surface area (TPSA) is 70.2 Å². The van der Waals surface area contributed by atoms with Crippen LogP contribution in [-0.2, 0) is 0 Å². The van der Waals surface area contributed by atoms with Crippen molar-refractivity contribution in [3.05, 3.63) is 48.4 Å². The molecule has 22 heavy (non-hydrogen) atoms. The molecule has 0 aliphatic carbocycles. The van der Waals surface area contributed by atoms with Crippen molar-refractivity contribution >= 4 is 17.4 Å². The van der Waals surface area contributed by atoms with Gasteiger partial charge >= 0.3 is 0 Å². The van der Waals surface area contributed by atoms with Crippen LogP contribution in [0.5, 0.6) is 0 Å². The summed E-state index contributed by atoms with van der Waals surface area (Å²) in [7, 11) is 0. The maximum Gasteiger partial charge on any atom is 0.254 e. The molecule has 1 amide bonds. The molecule has 1 aromatic heterocycles. The minimum absolute atomic E-state index is 0.0665. The van der Waals surface area contributed by atoms with Crippen LogP contribution in [0.15, 0.2) is 42.9 Å². The third kappa shape index (κ3) is 3.23. The Morgan fingerprint density at radius 1 is 1.41 bits per heavy atom. The highest BCUT2D eigenvalue weighted by molar-refractivity contribution is 5.95. The van der Waals surface area contributed by atoms with E-state index in [0.717, 1.165) is 25.3 Å². The lowest BCUT2D eigenvalue weighted by atomic mass is 10.1. The van der Waals surface area contributed by atoms with Gasteiger partial charge in [0.25, 0.3) is 5.91 Å². The molecule has 2 heterocycles. The van der Waals surface area contributed by atoms with E-state index in [-0.39, 0.29) is 11.9 Å². The molecule has 0 unspecified atom stereocenters. The lowest BCUT2D eigenvalue weighted by Crippen LogP contribution is -2.52. The van der Waals surface area contributed by atoms with E-state index in [9.17, 15) is 4.79 Å². The smallest absolute Gasteiger partial charge is 0.254 e. The Balaban J connectivity index is 1.77. The number of hydrogen-bond acceptors (Lipinski definition) is 5. The number of benzene rings is 1. The number of rotatable bonds is 3. The molecule has 2 aromatic rings. The zero-order valence-corrected chi connectivity index (χ0v) is 12.5. The van der Waals surface area contributed by atoms with Crippen LogP contribution in [0, 0.1) is 0 Å². The summed E-state index contributed by atoms with van der Waals surface area (Å²) < 4.78 is 0. The maximum atomic E-state index is 12.7. The number of nitrogens with one attached hydrogen (secondary N) is 2. The molecule has 1 aliphatic heterocycles. The van der Waals surface area contributed by atoms with Crippen molar-refractivity contribution in [2.75, 3.05) is 25.0 Å². The SMILES string of the molecule is C[C@H]1CNCCN1C(=O)c1cccc(Nc2cnccn2)c1. The standard InChI is InChI=1S/C16H19N5O/c1-12-10-18-7-8-21(12)16(22)13-3-2-4-14(9-13)20-15-11-17-5-6-19-15/h2-6,9,11-12,18H,7-8,10H2,1H3,(H,19,20)/t12-/m0/s1. The first-order valence-corrected chi connectivity index (χ1v) is 7.39. The number of anilines is 2. The fourth-order valence-corrected chi connectivity index (χ4v) is 2.55. The van der Waals surface area contributed by atoms with Gasteiger partial charge in [-0.3, -0.25) is 9.78 Å². The molecule has 114 valence electrons. The molecule has 0 bridgehead atoms. The van der Waals surface area contributed by atoms with E-state index in [4.69, 9.17) is 0 Å². The molecule has 6 nitrogen and oxygen atoms in total. The summed E-state index contributed by atoms with van der Waals surface area (Å²) in [6, 6.07) is 7.69. The Labute approximate surface area is 129 Å². The first kappa shape index (κ1) is 14.5. The molecule has 2 N–H and O–H groups in total. The van der Waals surface area contributed by atoms with E-state index in [1.165, 1.54) is 0 Å². The van der Waals surface area contributed by atoms with Gasteiger partial charge in [-0.05, 0) is 25.1 Å². The minimum Gasteiger partial charge on any atom is -0.339 e. The molecule has 0 spiro atoms. The van der Waals surface area contributed by atoms with Gasteiger partial charge in [0, 0.05) is 49.3 Å². The van der Waals surface area contributed by atoms with E-state index in [2.05, 4.69) is 27.5 Å². The lowest BCUT2D eigenvalue weighted by Gasteiger charge is -2.34. The van der Waals surface area contributed by atoms with E-state index in [0.29, 0.717) is 11.4 Å². The van der Waals surface area contributed by atoms with Crippen molar-refractivity contribution in [1.82, 2.24) is 20.2 Å². The monoisotopic (exact) mass is 297 g/mol. The fraction of sp³-hybridized carbons (Fsp3) is 0.312. The second-order valence-electron chi connectivity index (χ2n) is 5.35. The normalized spacial score (nSPS) is 18.0. The first-order valence-electron chi connectivity index (χ1n) is 7.39. The van der Waals surface area contributed by atoms with Gasteiger partial charge in [-0.15, -0.1) is 0 Å². The van der Waals surface area contributed by atoms with Gasteiger partial charge in [0.1, 0.15) is 5.82 Å². The Bertz CT molecular complexity index is 646. The molecule has 0 saturated carbocycles. The molecular weight excluding hydrogens is 278 g/mol. The van der Waals surface area contributed by atoms with Crippen LogP contribution in [0.2, 0.25) is 0 Å². The molecule has 1 aliphatic rings. The molecule has 6 heteroatoms. The quantitative estimate of drug-likeness (QED) is 0.901. The van der Waals surface area contributed by atoms with Gasteiger partial charge in [-0.1, -0.05) is 6.07 Å². The maximum absolute atomic E-state index is 12.7. The largest absolute Gasteiger partial charge is 0.339 e. The van der Waals surface area contributed by atoms with Crippen molar-refractivity contribution in [1.29, 1.82) is 0 Å². The predicted molar refractivity (Wildman–Crippen MR) is 85.1 cm³/mol. The van der Waals surface area contributed by atoms with Crippen molar-refractivity contribution in [3.8, 4) is 0 Å². The second-order valence-corrected chi connectivity index (χ2v) is 5.35. The summed E-state index contributed by atoms with van der Waals surface area (Å²) >= 11 is 0. The van der Waals surface area contributed by atoms with Crippen molar-refractivity contribution in [2.45, 2.75) is 13.0 Å². The zero-order valence-electron chi connectivity index (χ0n) is 12.5. The van der Waals surface area contributed by atoms with Crippen LogP contribution in [0.1, 0.15) is 17.3 Å². The van der Waals surface area contributed by atoms with Crippen LogP contribution < -0.4 is 10.6 Å². The third-order valence-corrected chi connectivity index (χ3v) is 3.71. The number of amides is 1. The van der Waals surface area contributed by atoms with Crippen molar-refractivity contribution < 1.29 is 4.79 Å². The molecule has 1 saturated heterocycles. The molecular formula is C16H19N5O. The highest BCUT2D eigenvalue weighted by Gasteiger charge is 2.24. The zero-order chi connectivity index (χ0) is 15.4. The average Bonchev–Trinajstić information content (AvgIpc) is 2.56. The average molecular weight is 297 g/mol. The molecule has 0 radical (unpaired) electrons. The van der Waals surface area contributed by atoms with Gasteiger partial charge < -0.3 is 15.5 Å². The number of carbonyl (C=O) groups is 1. The van der Waals surface area contributed by atoms with Crippen LogP contribution in [0.25, 0.3) is 0 Å². The summed E-state index contributed by atoms with van der Waals surface area (Å²) in [6.45, 7) is 4.48. The summed E-state index contributed by atoms with van der Waals surface area (Å²) in [6.07, 6.45) is 4.89. The summed E-state index contributed by atoms with van der Waals surface area (Å²) in [5.74, 6) is 0.722. The van der Waals surface area contributed by atoms with Crippen molar-refractivity contribution in [2.24, 2.45) is 0 Å². The number of aromatic nitrogens is 2. The number of carbonyl (C=O) groups excluding carboxylic acids is 1. The van der Waals surface area contributed by atoms with Crippen LogP contribution in [0.3, 0.4) is 0 Å². The molecule has 1 aromatic carbocycles. The molecule has 1 atom stereocenters. The first-order chi connectivity index (χ1) is 10.7. The van der Waals surface area contributed by atoms with E-state index < -0.39 is 0 Å². The van der Waals surface area contributed by atoms with Crippen molar-refractivity contribution in [3.63, 3.8) is 0 Å². The Kier molecular flexibility index (Phi) is 4.29. The molecule has 3 rings (SSSR count). The van der Waals surface area contributed by atoms with Crippen LogP contribution in [0.4, 0.5) is 11.5 Å². The van der Waals surface area contributed by atoms with Gasteiger partial charge in [0.2, 0.25) is 0 Å². The van der Waals surface area contributed by atoms with Gasteiger partial charge in [0.05, 0.1) is 6.20 Å². The van der Waals surface area contributed by atoms with E-state index in [1.807, 2.05) is 29.2 Å².